The van der Waals surface area contributed by atoms with E-state index < -0.39 is 22.9 Å². The zero-order chi connectivity index (χ0) is 14.2. The number of benzene rings is 1. The minimum atomic E-state index is -1.41. The predicted molar refractivity (Wildman–Crippen MR) is 66.2 cm³/mol. The van der Waals surface area contributed by atoms with Crippen LogP contribution in [0.3, 0.4) is 0 Å². The molecule has 0 aliphatic rings. The Balaban J connectivity index is 2.69. The maximum Gasteiger partial charge on any atom is 0.360 e. The molecule has 0 spiro atoms. The number of rotatable bonds is 2. The SMILES string of the molecule is Cc1cc(F)cc(-n2cc(C)c(=O)c(C(=O)O)n2)c1. The van der Waals surface area contributed by atoms with Crippen LogP contribution in [-0.2, 0) is 0 Å². The molecule has 2 rings (SSSR count). The number of aromatic nitrogens is 2. The third kappa shape index (κ3) is 2.52. The Morgan fingerprint density at radius 3 is 2.58 bits per heavy atom. The molecule has 19 heavy (non-hydrogen) atoms. The van der Waals surface area contributed by atoms with Gasteiger partial charge >= 0.3 is 5.97 Å². The minimum Gasteiger partial charge on any atom is -0.476 e. The molecule has 0 saturated carbocycles. The summed E-state index contributed by atoms with van der Waals surface area (Å²) in [6.45, 7) is 3.19. The molecule has 6 heteroatoms. The van der Waals surface area contributed by atoms with Crippen molar-refractivity contribution in [1.29, 1.82) is 0 Å². The van der Waals surface area contributed by atoms with E-state index in [0.29, 0.717) is 11.3 Å². The van der Waals surface area contributed by atoms with Crippen LogP contribution in [0.25, 0.3) is 5.69 Å². The first-order valence-corrected chi connectivity index (χ1v) is 5.50. The molecule has 5 nitrogen and oxygen atoms in total. The smallest absolute Gasteiger partial charge is 0.360 e. The number of carboxylic acids is 1. The summed E-state index contributed by atoms with van der Waals surface area (Å²) in [5.41, 5.74) is 0.0428. The molecule has 0 fully saturated rings. The lowest BCUT2D eigenvalue weighted by Gasteiger charge is -2.08. The number of aromatic carboxylic acids is 1. The van der Waals surface area contributed by atoms with Crippen LogP contribution in [0.15, 0.2) is 29.2 Å². The van der Waals surface area contributed by atoms with Gasteiger partial charge in [0.05, 0.1) is 5.69 Å². The molecule has 0 unspecified atom stereocenters. The van der Waals surface area contributed by atoms with E-state index >= 15 is 0 Å². The van der Waals surface area contributed by atoms with Gasteiger partial charge in [0.25, 0.3) is 0 Å². The molecular weight excluding hydrogens is 251 g/mol. The van der Waals surface area contributed by atoms with Crippen molar-refractivity contribution in [1.82, 2.24) is 9.78 Å². The molecule has 0 radical (unpaired) electrons. The molecule has 1 aromatic heterocycles. The van der Waals surface area contributed by atoms with E-state index in [1.807, 2.05) is 0 Å². The Hall–Kier alpha value is -2.50. The Labute approximate surface area is 107 Å². The quantitative estimate of drug-likeness (QED) is 0.893. The zero-order valence-electron chi connectivity index (χ0n) is 10.3. The van der Waals surface area contributed by atoms with Crippen LogP contribution >= 0.6 is 0 Å². The van der Waals surface area contributed by atoms with Gasteiger partial charge < -0.3 is 5.11 Å². The molecule has 98 valence electrons. The maximum atomic E-state index is 13.3. The van der Waals surface area contributed by atoms with Gasteiger partial charge in [-0.3, -0.25) is 4.79 Å². The van der Waals surface area contributed by atoms with Crippen molar-refractivity contribution in [3.05, 3.63) is 57.3 Å². The molecule has 0 aliphatic heterocycles. The topological polar surface area (TPSA) is 72.2 Å². The number of nitrogens with zero attached hydrogens (tertiary/aromatic N) is 2. The number of halogens is 1. The highest BCUT2D eigenvalue weighted by molar-refractivity contribution is 5.85. The van der Waals surface area contributed by atoms with Gasteiger partial charge in [0.15, 0.2) is 0 Å². The molecule has 2 aromatic rings. The Bertz CT molecular complexity index is 702. The third-order valence-corrected chi connectivity index (χ3v) is 2.59. The lowest BCUT2D eigenvalue weighted by atomic mass is 10.2. The van der Waals surface area contributed by atoms with E-state index in [9.17, 15) is 14.0 Å². The summed E-state index contributed by atoms with van der Waals surface area (Å²) in [5, 5.41) is 12.6. The van der Waals surface area contributed by atoms with Gasteiger partial charge in [-0.15, -0.1) is 0 Å². The second-order valence-electron chi connectivity index (χ2n) is 4.23. The summed E-state index contributed by atoms with van der Waals surface area (Å²) in [7, 11) is 0. The van der Waals surface area contributed by atoms with Crippen molar-refractivity contribution in [2.75, 3.05) is 0 Å². The summed E-state index contributed by atoms with van der Waals surface area (Å²) in [4.78, 5) is 22.5. The van der Waals surface area contributed by atoms with Crippen LogP contribution in [-0.4, -0.2) is 20.9 Å². The van der Waals surface area contributed by atoms with E-state index in [1.165, 1.54) is 29.9 Å². The lowest BCUT2D eigenvalue weighted by Crippen LogP contribution is -2.23. The zero-order valence-corrected chi connectivity index (χ0v) is 10.3. The van der Waals surface area contributed by atoms with Crippen LogP contribution in [0.2, 0.25) is 0 Å². The minimum absolute atomic E-state index is 0.231. The molecule has 0 atom stereocenters. The highest BCUT2D eigenvalue weighted by atomic mass is 19.1. The molecule has 0 bridgehead atoms. The average Bonchev–Trinajstić information content (AvgIpc) is 2.30. The van der Waals surface area contributed by atoms with Crippen molar-refractivity contribution in [2.45, 2.75) is 13.8 Å². The fourth-order valence-corrected chi connectivity index (χ4v) is 1.73. The molecule has 0 saturated heterocycles. The molecule has 1 N–H and O–H groups in total. The summed E-state index contributed by atoms with van der Waals surface area (Å²) in [6.07, 6.45) is 1.38. The van der Waals surface area contributed by atoms with Crippen molar-refractivity contribution < 1.29 is 14.3 Å². The van der Waals surface area contributed by atoms with Gasteiger partial charge in [0.1, 0.15) is 5.82 Å². The van der Waals surface area contributed by atoms with E-state index in [1.54, 1.807) is 13.0 Å². The molecular formula is C13H11FN2O3. The highest BCUT2D eigenvalue weighted by Gasteiger charge is 2.14. The monoisotopic (exact) mass is 262 g/mol. The molecule has 0 amide bonds. The van der Waals surface area contributed by atoms with Crippen molar-refractivity contribution in [3.8, 4) is 5.69 Å². The Kier molecular flexibility index (Phi) is 3.16. The van der Waals surface area contributed by atoms with E-state index in [2.05, 4.69) is 5.10 Å². The fraction of sp³-hybridized carbons (Fsp3) is 0.154. The Morgan fingerprint density at radius 1 is 1.32 bits per heavy atom. The molecule has 1 heterocycles. The van der Waals surface area contributed by atoms with Crippen LogP contribution < -0.4 is 5.43 Å². The number of hydrogen-bond donors (Lipinski definition) is 1. The van der Waals surface area contributed by atoms with Crippen LogP contribution in [0, 0.1) is 19.7 Å². The first-order chi connectivity index (χ1) is 8.88. The van der Waals surface area contributed by atoms with Crippen molar-refractivity contribution in [2.24, 2.45) is 0 Å². The standard InChI is InChI=1S/C13H11FN2O3/c1-7-3-9(14)5-10(4-7)16-6-8(2)12(17)11(15-16)13(18)19/h3-6H,1-2H3,(H,18,19). The van der Waals surface area contributed by atoms with Crippen LogP contribution in [0.4, 0.5) is 4.39 Å². The maximum absolute atomic E-state index is 13.3. The van der Waals surface area contributed by atoms with Crippen LogP contribution in [0.1, 0.15) is 21.6 Å². The van der Waals surface area contributed by atoms with Gasteiger partial charge in [-0.2, -0.15) is 5.10 Å². The fourth-order valence-electron chi connectivity index (χ4n) is 1.73. The first-order valence-electron chi connectivity index (χ1n) is 5.50. The number of carbonyl (C=O) groups is 1. The second kappa shape index (κ2) is 4.64. The van der Waals surface area contributed by atoms with Crippen molar-refractivity contribution >= 4 is 5.97 Å². The van der Waals surface area contributed by atoms with E-state index in [0.717, 1.165) is 0 Å². The largest absolute Gasteiger partial charge is 0.476 e. The highest BCUT2D eigenvalue weighted by Crippen LogP contribution is 2.12. The van der Waals surface area contributed by atoms with Crippen LogP contribution in [0.5, 0.6) is 0 Å². The first kappa shape index (κ1) is 12.9. The molecule has 1 aromatic carbocycles. The summed E-state index contributed by atoms with van der Waals surface area (Å²) >= 11 is 0. The lowest BCUT2D eigenvalue weighted by molar-refractivity contribution is 0.0686. The number of aryl methyl sites for hydroxylation is 2. The van der Waals surface area contributed by atoms with Gasteiger partial charge in [0.2, 0.25) is 11.1 Å². The predicted octanol–water partition coefficient (Wildman–Crippen LogP) is 1.69. The Morgan fingerprint density at radius 2 is 2.00 bits per heavy atom. The van der Waals surface area contributed by atoms with E-state index in [4.69, 9.17) is 5.11 Å². The summed E-state index contributed by atoms with van der Waals surface area (Å²) in [5.74, 6) is -1.86. The third-order valence-electron chi connectivity index (χ3n) is 2.59. The van der Waals surface area contributed by atoms with E-state index in [-0.39, 0.29) is 5.56 Å². The molecule has 0 aliphatic carbocycles. The normalized spacial score (nSPS) is 10.5. The van der Waals surface area contributed by atoms with Gasteiger partial charge in [-0.05, 0) is 37.6 Å². The van der Waals surface area contributed by atoms with Gasteiger partial charge in [-0.1, -0.05) is 0 Å². The number of hydrogen-bond acceptors (Lipinski definition) is 3. The average molecular weight is 262 g/mol. The summed E-state index contributed by atoms with van der Waals surface area (Å²) in [6, 6.07) is 4.21. The second-order valence-corrected chi connectivity index (χ2v) is 4.23. The summed E-state index contributed by atoms with van der Waals surface area (Å²) < 4.78 is 14.5. The van der Waals surface area contributed by atoms with Crippen molar-refractivity contribution in [3.63, 3.8) is 0 Å². The van der Waals surface area contributed by atoms with Gasteiger partial charge in [0, 0.05) is 11.8 Å². The number of carboxylic acid groups (broad SMARTS) is 1. The van der Waals surface area contributed by atoms with Gasteiger partial charge in [-0.25, -0.2) is 13.9 Å².